The Bertz CT molecular complexity index is 458. The minimum absolute atomic E-state index is 0.00907. The van der Waals surface area contributed by atoms with Crippen molar-refractivity contribution in [1.82, 2.24) is 5.32 Å². The maximum atomic E-state index is 11.4. The molecule has 1 aromatic rings. The van der Waals surface area contributed by atoms with E-state index in [0.29, 0.717) is 5.92 Å². The molecule has 0 saturated heterocycles. The van der Waals surface area contributed by atoms with Gasteiger partial charge < -0.3 is 10.1 Å². The number of carbonyl (C=O) groups excluding carboxylic acids is 1. The summed E-state index contributed by atoms with van der Waals surface area (Å²) in [5, 5.41) is 2.57. The van der Waals surface area contributed by atoms with Crippen LogP contribution in [-0.2, 0) is 4.79 Å². The zero-order valence-electron chi connectivity index (χ0n) is 11.1. The molecule has 1 rings (SSSR count). The van der Waals surface area contributed by atoms with Crippen molar-refractivity contribution in [2.24, 2.45) is 0 Å². The third kappa shape index (κ3) is 4.14. The van der Waals surface area contributed by atoms with Gasteiger partial charge in [0.15, 0.2) is 6.61 Å². The predicted molar refractivity (Wildman–Crippen MR) is 72.6 cm³/mol. The largest absolute Gasteiger partial charge is 0.483 e. The number of benzene rings is 1. The van der Waals surface area contributed by atoms with Crippen LogP contribution < -0.4 is 10.1 Å². The van der Waals surface area contributed by atoms with Crippen LogP contribution >= 0.6 is 0 Å². The van der Waals surface area contributed by atoms with Crippen LogP contribution in [0.3, 0.4) is 0 Å². The highest BCUT2D eigenvalue weighted by atomic mass is 16.5. The molecular formula is C15H19NO2. The van der Waals surface area contributed by atoms with Crippen molar-refractivity contribution < 1.29 is 9.53 Å². The van der Waals surface area contributed by atoms with Gasteiger partial charge in [0.05, 0.1) is 6.54 Å². The van der Waals surface area contributed by atoms with Gasteiger partial charge in [-0.2, -0.15) is 0 Å². The number of aryl methyl sites for hydroxylation is 1. The van der Waals surface area contributed by atoms with Crippen LogP contribution in [0, 0.1) is 19.3 Å². The number of hydrogen-bond donors (Lipinski definition) is 1. The van der Waals surface area contributed by atoms with E-state index in [1.54, 1.807) is 0 Å². The van der Waals surface area contributed by atoms with Gasteiger partial charge in [0, 0.05) is 0 Å². The molecule has 0 aliphatic carbocycles. The van der Waals surface area contributed by atoms with Crippen molar-refractivity contribution in [3.63, 3.8) is 0 Å². The summed E-state index contributed by atoms with van der Waals surface area (Å²) in [6.45, 7) is 6.40. The van der Waals surface area contributed by atoms with Crippen molar-refractivity contribution in [2.75, 3.05) is 13.2 Å². The van der Waals surface area contributed by atoms with Crippen LogP contribution in [0.15, 0.2) is 18.2 Å². The minimum atomic E-state index is -0.204. The lowest BCUT2D eigenvalue weighted by Crippen LogP contribution is -2.29. The molecule has 0 bridgehead atoms. The van der Waals surface area contributed by atoms with E-state index in [4.69, 9.17) is 11.2 Å². The summed E-state index contributed by atoms with van der Waals surface area (Å²) >= 11 is 0. The number of amides is 1. The van der Waals surface area contributed by atoms with Gasteiger partial charge in [-0.25, -0.2) is 0 Å². The summed E-state index contributed by atoms with van der Waals surface area (Å²) in [6.07, 6.45) is 5.06. The SMILES string of the molecule is C#CCNC(=O)COc1cc(C)ccc1C(C)C. The molecule has 0 spiro atoms. The second-order valence-electron chi connectivity index (χ2n) is 4.47. The lowest BCUT2D eigenvalue weighted by Gasteiger charge is -2.14. The fourth-order valence-corrected chi connectivity index (χ4v) is 1.59. The van der Waals surface area contributed by atoms with E-state index in [1.165, 1.54) is 0 Å². The van der Waals surface area contributed by atoms with Gasteiger partial charge in [-0.1, -0.05) is 31.9 Å². The van der Waals surface area contributed by atoms with Crippen molar-refractivity contribution in [3.05, 3.63) is 29.3 Å². The lowest BCUT2D eigenvalue weighted by molar-refractivity contribution is -0.122. The lowest BCUT2D eigenvalue weighted by atomic mass is 10.0. The molecule has 3 heteroatoms. The van der Waals surface area contributed by atoms with Crippen LogP contribution in [0.1, 0.15) is 30.9 Å². The van der Waals surface area contributed by atoms with E-state index >= 15 is 0 Å². The normalized spacial score (nSPS) is 9.94. The van der Waals surface area contributed by atoms with Crippen LogP contribution in [0.25, 0.3) is 0 Å². The molecule has 0 fully saturated rings. The number of hydrogen-bond acceptors (Lipinski definition) is 2. The first-order chi connectivity index (χ1) is 8.54. The molecule has 0 unspecified atom stereocenters. The van der Waals surface area contributed by atoms with E-state index in [2.05, 4.69) is 25.1 Å². The van der Waals surface area contributed by atoms with Crippen LogP contribution in [-0.4, -0.2) is 19.1 Å². The number of terminal acetylenes is 1. The van der Waals surface area contributed by atoms with E-state index in [0.717, 1.165) is 16.9 Å². The maximum absolute atomic E-state index is 11.4. The van der Waals surface area contributed by atoms with Gasteiger partial charge in [0.1, 0.15) is 5.75 Å². The molecule has 96 valence electrons. The van der Waals surface area contributed by atoms with Gasteiger partial charge in [-0.3, -0.25) is 4.79 Å². The second-order valence-corrected chi connectivity index (χ2v) is 4.47. The molecule has 1 amide bonds. The average molecular weight is 245 g/mol. The highest BCUT2D eigenvalue weighted by Gasteiger charge is 2.09. The standard InChI is InChI=1S/C15H19NO2/c1-5-8-16-15(17)10-18-14-9-12(4)6-7-13(14)11(2)3/h1,6-7,9,11H,8,10H2,2-4H3,(H,16,17). The van der Waals surface area contributed by atoms with Crippen molar-refractivity contribution in [2.45, 2.75) is 26.7 Å². The summed E-state index contributed by atoms with van der Waals surface area (Å²) in [5.74, 6) is 3.26. The van der Waals surface area contributed by atoms with E-state index in [1.807, 2.05) is 25.1 Å². The molecule has 0 atom stereocenters. The molecule has 18 heavy (non-hydrogen) atoms. The Morgan fingerprint density at radius 2 is 2.22 bits per heavy atom. The molecule has 3 nitrogen and oxygen atoms in total. The molecule has 0 heterocycles. The van der Waals surface area contributed by atoms with Crippen LogP contribution in [0.4, 0.5) is 0 Å². The van der Waals surface area contributed by atoms with Gasteiger partial charge in [0.25, 0.3) is 5.91 Å². The highest BCUT2D eigenvalue weighted by molar-refractivity contribution is 5.77. The zero-order chi connectivity index (χ0) is 13.5. The topological polar surface area (TPSA) is 38.3 Å². The molecule has 0 aromatic heterocycles. The predicted octanol–water partition coefficient (Wildman–Crippen LogP) is 2.25. The summed E-state index contributed by atoms with van der Waals surface area (Å²) in [4.78, 5) is 11.4. The molecule has 0 aliphatic heterocycles. The highest BCUT2D eigenvalue weighted by Crippen LogP contribution is 2.27. The number of nitrogens with one attached hydrogen (secondary N) is 1. The van der Waals surface area contributed by atoms with Crippen LogP contribution in [0.2, 0.25) is 0 Å². The summed E-state index contributed by atoms with van der Waals surface area (Å²) in [6, 6.07) is 6.03. The van der Waals surface area contributed by atoms with E-state index in [-0.39, 0.29) is 19.1 Å². The van der Waals surface area contributed by atoms with Crippen molar-refractivity contribution in [1.29, 1.82) is 0 Å². The zero-order valence-corrected chi connectivity index (χ0v) is 11.1. The van der Waals surface area contributed by atoms with E-state index < -0.39 is 0 Å². The van der Waals surface area contributed by atoms with E-state index in [9.17, 15) is 4.79 Å². The van der Waals surface area contributed by atoms with Gasteiger partial charge in [0.2, 0.25) is 0 Å². The molecule has 0 aliphatic rings. The average Bonchev–Trinajstić information content (AvgIpc) is 2.33. The smallest absolute Gasteiger partial charge is 0.258 e. The number of ether oxygens (including phenoxy) is 1. The molecule has 0 radical (unpaired) electrons. The summed E-state index contributed by atoms with van der Waals surface area (Å²) in [5.41, 5.74) is 2.21. The third-order valence-electron chi connectivity index (χ3n) is 2.54. The van der Waals surface area contributed by atoms with Gasteiger partial charge in [-0.15, -0.1) is 6.42 Å². The Hall–Kier alpha value is -1.95. The first-order valence-electron chi connectivity index (χ1n) is 5.98. The Labute approximate surface area is 109 Å². The Morgan fingerprint density at radius 1 is 1.50 bits per heavy atom. The fourth-order valence-electron chi connectivity index (χ4n) is 1.59. The molecule has 0 saturated carbocycles. The number of carbonyl (C=O) groups is 1. The van der Waals surface area contributed by atoms with Crippen LogP contribution in [0.5, 0.6) is 5.75 Å². The Kier molecular flexibility index (Phi) is 5.26. The van der Waals surface area contributed by atoms with Gasteiger partial charge in [-0.05, 0) is 30.0 Å². The number of rotatable bonds is 5. The Balaban J connectivity index is 2.69. The minimum Gasteiger partial charge on any atom is -0.483 e. The maximum Gasteiger partial charge on any atom is 0.258 e. The molecule has 1 aromatic carbocycles. The Morgan fingerprint density at radius 3 is 2.83 bits per heavy atom. The summed E-state index contributed by atoms with van der Waals surface area (Å²) in [7, 11) is 0. The van der Waals surface area contributed by atoms with Gasteiger partial charge >= 0.3 is 0 Å². The molecule has 1 N–H and O–H groups in total. The van der Waals surface area contributed by atoms with Crippen molar-refractivity contribution in [3.8, 4) is 18.1 Å². The monoisotopic (exact) mass is 245 g/mol. The van der Waals surface area contributed by atoms with Crippen molar-refractivity contribution >= 4 is 5.91 Å². The molecular weight excluding hydrogens is 226 g/mol. The first kappa shape index (κ1) is 14.1. The quantitative estimate of drug-likeness (QED) is 0.808. The summed E-state index contributed by atoms with van der Waals surface area (Å²) < 4.78 is 5.56. The fraction of sp³-hybridized carbons (Fsp3) is 0.400. The third-order valence-corrected chi connectivity index (χ3v) is 2.54. The second kappa shape index (κ2) is 6.70. The first-order valence-corrected chi connectivity index (χ1v) is 5.98.